The van der Waals surface area contributed by atoms with E-state index in [0.29, 0.717) is 6.42 Å². The highest BCUT2D eigenvalue weighted by molar-refractivity contribution is 7.60. The minimum absolute atomic E-state index is 0.252. The number of carbonyl (C=O) groups excluding carboxylic acids is 2. The zero-order valence-corrected chi connectivity index (χ0v) is 11.3. The average Bonchev–Trinajstić information content (AvgIpc) is 2.28. The van der Waals surface area contributed by atoms with Crippen LogP contribution in [0.25, 0.3) is 0 Å². The third-order valence-corrected chi connectivity index (χ3v) is 4.15. The van der Waals surface area contributed by atoms with Crippen molar-refractivity contribution >= 4 is 19.3 Å². The molecule has 0 rings (SSSR count). The van der Waals surface area contributed by atoms with Crippen molar-refractivity contribution in [3.8, 4) is 0 Å². The maximum Gasteiger partial charge on any atom is 0.315 e. The van der Waals surface area contributed by atoms with E-state index in [-0.39, 0.29) is 6.61 Å². The van der Waals surface area contributed by atoms with E-state index >= 15 is 0 Å². The fourth-order valence-electron chi connectivity index (χ4n) is 1.04. The van der Waals surface area contributed by atoms with Crippen molar-refractivity contribution < 1.29 is 28.2 Å². The van der Waals surface area contributed by atoms with E-state index in [0.717, 1.165) is 6.42 Å². The highest BCUT2D eigenvalue weighted by atomic mass is 31.2. The van der Waals surface area contributed by atoms with Gasteiger partial charge in [-0.25, -0.2) is 0 Å². The summed E-state index contributed by atoms with van der Waals surface area (Å²) in [6.45, 7) is 2.21. The lowest BCUT2D eigenvalue weighted by molar-refractivity contribution is -0.137. The fraction of sp³-hybridized carbons (Fsp3) is 0.800. The third-order valence-electron chi connectivity index (χ3n) is 2.02. The van der Waals surface area contributed by atoms with Gasteiger partial charge in [-0.1, -0.05) is 13.3 Å². The summed E-state index contributed by atoms with van der Waals surface area (Å²) >= 11 is 0. The first-order valence-electron chi connectivity index (χ1n) is 5.33. The number of ether oxygens (including phenoxy) is 2. The highest BCUT2D eigenvalue weighted by Gasteiger charge is 2.31. The monoisotopic (exact) mass is 266 g/mol. The summed E-state index contributed by atoms with van der Waals surface area (Å²) in [7, 11) is -0.961. The molecule has 0 N–H and O–H groups in total. The first-order valence-corrected chi connectivity index (χ1v) is 7.33. The van der Waals surface area contributed by atoms with Crippen molar-refractivity contribution in [1.82, 2.24) is 0 Å². The molecule has 0 unspecified atom stereocenters. The van der Waals surface area contributed by atoms with Crippen LogP contribution in [0, 0.1) is 0 Å². The SMILES string of the molecule is CCCCOP(=O)(CC(=O)OC)CC(=O)OC. The van der Waals surface area contributed by atoms with Gasteiger partial charge in [-0.05, 0) is 6.42 Å². The number of methoxy groups -OCH3 is 2. The molecule has 0 aromatic heterocycles. The fourth-order valence-corrected chi connectivity index (χ4v) is 2.85. The van der Waals surface area contributed by atoms with Gasteiger partial charge in [-0.3, -0.25) is 14.2 Å². The maximum atomic E-state index is 12.2. The molecule has 100 valence electrons. The molecule has 0 heterocycles. The van der Waals surface area contributed by atoms with Crippen molar-refractivity contribution in [2.45, 2.75) is 19.8 Å². The molecule has 0 amide bonds. The van der Waals surface area contributed by atoms with Crippen molar-refractivity contribution in [3.05, 3.63) is 0 Å². The summed E-state index contributed by atoms with van der Waals surface area (Å²) in [5.41, 5.74) is 0. The standard InChI is InChI=1S/C10H19O6P/c1-4-5-6-16-17(13,7-9(11)14-2)8-10(12)15-3/h4-8H2,1-3H3. The molecule has 6 nitrogen and oxygen atoms in total. The quantitative estimate of drug-likeness (QED) is 0.375. The Bertz CT molecular complexity index is 279. The average molecular weight is 266 g/mol. The predicted octanol–water partition coefficient (Wildman–Crippen LogP) is 1.43. The van der Waals surface area contributed by atoms with Crippen LogP contribution in [0.5, 0.6) is 0 Å². The lowest BCUT2D eigenvalue weighted by Gasteiger charge is -2.16. The molecule has 0 aromatic rings. The second kappa shape index (κ2) is 8.25. The Morgan fingerprint density at radius 1 is 1.06 bits per heavy atom. The summed E-state index contributed by atoms with van der Waals surface area (Å²) in [6.07, 6.45) is 0.785. The second-order valence-corrected chi connectivity index (χ2v) is 5.99. The van der Waals surface area contributed by atoms with Gasteiger partial charge < -0.3 is 14.0 Å². The van der Waals surface area contributed by atoms with Crippen molar-refractivity contribution in [2.24, 2.45) is 0 Å². The molecule has 0 aliphatic carbocycles. The van der Waals surface area contributed by atoms with Crippen LogP contribution in [-0.2, 0) is 28.2 Å². The maximum absolute atomic E-state index is 12.2. The summed E-state index contributed by atoms with van der Waals surface area (Å²) in [4.78, 5) is 22.2. The molecule has 0 fully saturated rings. The van der Waals surface area contributed by atoms with Gasteiger partial charge >= 0.3 is 11.9 Å². The summed E-state index contributed by atoms with van der Waals surface area (Å²) in [6, 6.07) is 0. The summed E-state index contributed by atoms with van der Waals surface area (Å²) in [5.74, 6) is -1.32. The molecule has 0 aliphatic rings. The smallest absolute Gasteiger partial charge is 0.315 e. The van der Waals surface area contributed by atoms with Gasteiger partial charge in [0.05, 0.1) is 20.8 Å². The van der Waals surface area contributed by atoms with E-state index in [1.165, 1.54) is 14.2 Å². The summed E-state index contributed by atoms with van der Waals surface area (Å²) < 4.78 is 26.2. The van der Waals surface area contributed by atoms with E-state index in [1.807, 2.05) is 6.92 Å². The number of carbonyl (C=O) groups is 2. The van der Waals surface area contributed by atoms with Gasteiger partial charge in [-0.2, -0.15) is 0 Å². The van der Waals surface area contributed by atoms with Crippen LogP contribution >= 0.6 is 7.37 Å². The number of hydrogen-bond acceptors (Lipinski definition) is 6. The minimum Gasteiger partial charge on any atom is -0.469 e. The lowest BCUT2D eigenvalue weighted by atomic mass is 10.4. The highest BCUT2D eigenvalue weighted by Crippen LogP contribution is 2.46. The van der Waals surface area contributed by atoms with Crippen LogP contribution in [0.3, 0.4) is 0 Å². The molecule has 0 aromatic carbocycles. The molecule has 17 heavy (non-hydrogen) atoms. The zero-order valence-electron chi connectivity index (χ0n) is 10.4. The van der Waals surface area contributed by atoms with Gasteiger partial charge in [0.2, 0.25) is 7.37 Å². The van der Waals surface area contributed by atoms with Gasteiger partial charge in [-0.15, -0.1) is 0 Å². The van der Waals surface area contributed by atoms with Crippen LogP contribution < -0.4 is 0 Å². The van der Waals surface area contributed by atoms with Crippen molar-refractivity contribution in [3.63, 3.8) is 0 Å². The molecule has 0 saturated carbocycles. The molecule has 0 bridgehead atoms. The Kier molecular flexibility index (Phi) is 7.83. The second-order valence-electron chi connectivity index (χ2n) is 3.47. The van der Waals surface area contributed by atoms with Crippen LogP contribution in [-0.4, -0.2) is 45.1 Å². The predicted molar refractivity (Wildman–Crippen MR) is 62.2 cm³/mol. The number of esters is 2. The normalized spacial score (nSPS) is 11.0. The molecule has 0 atom stereocenters. The Morgan fingerprint density at radius 2 is 1.53 bits per heavy atom. The van der Waals surface area contributed by atoms with Gasteiger partial charge in [0.1, 0.15) is 12.3 Å². The van der Waals surface area contributed by atoms with E-state index in [9.17, 15) is 14.2 Å². The molecule has 0 saturated heterocycles. The van der Waals surface area contributed by atoms with E-state index in [2.05, 4.69) is 9.47 Å². The van der Waals surface area contributed by atoms with Crippen LogP contribution in [0.15, 0.2) is 0 Å². The Morgan fingerprint density at radius 3 is 1.88 bits per heavy atom. The Labute approximate surface area is 101 Å². The van der Waals surface area contributed by atoms with Crippen LogP contribution in [0.4, 0.5) is 0 Å². The van der Waals surface area contributed by atoms with Gasteiger partial charge in [0, 0.05) is 0 Å². The first-order chi connectivity index (χ1) is 7.97. The molecule has 7 heteroatoms. The van der Waals surface area contributed by atoms with Crippen molar-refractivity contribution in [2.75, 3.05) is 33.2 Å². The number of unbranched alkanes of at least 4 members (excludes halogenated alkanes) is 1. The first kappa shape index (κ1) is 16.1. The Hall–Kier alpha value is -0.870. The van der Waals surface area contributed by atoms with Crippen LogP contribution in [0.1, 0.15) is 19.8 Å². The van der Waals surface area contributed by atoms with E-state index < -0.39 is 31.6 Å². The number of hydrogen-bond donors (Lipinski definition) is 0. The molecule has 0 aliphatic heterocycles. The minimum atomic E-state index is -3.34. The molecular formula is C10H19O6P. The zero-order chi connectivity index (χ0) is 13.3. The van der Waals surface area contributed by atoms with E-state index in [4.69, 9.17) is 4.52 Å². The van der Waals surface area contributed by atoms with Gasteiger partial charge in [0.25, 0.3) is 0 Å². The molecular weight excluding hydrogens is 247 g/mol. The molecule has 0 spiro atoms. The topological polar surface area (TPSA) is 78.9 Å². The summed E-state index contributed by atoms with van der Waals surface area (Å²) in [5, 5.41) is 0. The molecule has 0 radical (unpaired) electrons. The van der Waals surface area contributed by atoms with E-state index in [1.54, 1.807) is 0 Å². The van der Waals surface area contributed by atoms with Gasteiger partial charge in [0.15, 0.2) is 0 Å². The third kappa shape index (κ3) is 7.13. The number of rotatable bonds is 8. The lowest BCUT2D eigenvalue weighted by Crippen LogP contribution is -2.16. The Balaban J connectivity index is 4.50. The van der Waals surface area contributed by atoms with Crippen LogP contribution in [0.2, 0.25) is 0 Å². The van der Waals surface area contributed by atoms with Crippen molar-refractivity contribution in [1.29, 1.82) is 0 Å². The largest absolute Gasteiger partial charge is 0.469 e.